The Bertz CT molecular complexity index is 1320. The van der Waals surface area contributed by atoms with Gasteiger partial charge in [0.1, 0.15) is 5.58 Å². The molecule has 1 aliphatic heterocycles. The lowest BCUT2D eigenvalue weighted by atomic mass is 10.0. The molecular weight excluding hydrogens is 392 g/mol. The van der Waals surface area contributed by atoms with Crippen molar-refractivity contribution >= 4 is 21.0 Å². The maximum absolute atomic E-state index is 12.8. The third-order valence-electron chi connectivity index (χ3n) is 5.44. The van der Waals surface area contributed by atoms with Crippen LogP contribution in [-0.2, 0) is 16.6 Å². The molecule has 0 aliphatic carbocycles. The number of hydrogen-bond acceptors (Lipinski definition) is 5. The van der Waals surface area contributed by atoms with Crippen LogP contribution in [0.2, 0.25) is 0 Å². The highest BCUT2D eigenvalue weighted by Crippen LogP contribution is 2.23. The fraction of sp³-hybridized carbons (Fsp3) is 0.333. The number of aromatic nitrogens is 1. The first kappa shape index (κ1) is 19.6. The van der Waals surface area contributed by atoms with Gasteiger partial charge < -0.3 is 8.98 Å². The van der Waals surface area contributed by atoms with E-state index in [0.29, 0.717) is 24.2 Å². The van der Waals surface area contributed by atoms with Crippen LogP contribution < -0.4 is 11.2 Å². The number of fused-ring (bicyclic) bond motifs is 1. The minimum absolute atomic E-state index is 0.0762. The summed E-state index contributed by atoms with van der Waals surface area (Å²) in [5.74, 6) is 0. The monoisotopic (exact) mass is 414 g/mol. The van der Waals surface area contributed by atoms with Gasteiger partial charge in [-0.15, -0.1) is 0 Å². The minimum Gasteiger partial charge on any atom is -0.423 e. The van der Waals surface area contributed by atoms with Crippen LogP contribution in [0.25, 0.3) is 11.0 Å². The minimum atomic E-state index is -3.64. The Hall–Kier alpha value is -2.71. The molecule has 3 heterocycles. The Labute approximate surface area is 168 Å². The predicted octanol–water partition coefficient (Wildman–Crippen LogP) is 2.40. The molecule has 152 valence electrons. The van der Waals surface area contributed by atoms with E-state index in [1.54, 1.807) is 6.07 Å². The van der Waals surface area contributed by atoms with Gasteiger partial charge in [-0.3, -0.25) is 4.79 Å². The van der Waals surface area contributed by atoms with Crippen molar-refractivity contribution in [1.82, 2.24) is 8.87 Å². The largest absolute Gasteiger partial charge is 0.423 e. The fourth-order valence-corrected chi connectivity index (χ4v) is 5.20. The van der Waals surface area contributed by atoms with Crippen molar-refractivity contribution < 1.29 is 12.8 Å². The summed E-state index contributed by atoms with van der Waals surface area (Å²) in [7, 11) is -3.64. The van der Waals surface area contributed by atoms with Crippen LogP contribution in [0, 0.1) is 13.8 Å². The Balaban J connectivity index is 1.80. The number of rotatable bonds is 4. The number of pyridine rings is 1. The summed E-state index contributed by atoms with van der Waals surface area (Å²) in [6, 6.07) is 7.67. The molecule has 0 saturated carbocycles. The van der Waals surface area contributed by atoms with E-state index < -0.39 is 15.6 Å². The van der Waals surface area contributed by atoms with Crippen LogP contribution >= 0.6 is 0 Å². The number of aryl methyl sites for hydroxylation is 2. The Morgan fingerprint density at radius 1 is 1.00 bits per heavy atom. The second-order valence-electron chi connectivity index (χ2n) is 7.47. The first-order valence-electron chi connectivity index (χ1n) is 9.50. The lowest BCUT2D eigenvalue weighted by molar-refractivity contribution is 0.476. The van der Waals surface area contributed by atoms with Crippen molar-refractivity contribution in [2.24, 2.45) is 0 Å². The van der Waals surface area contributed by atoms with Gasteiger partial charge in [0.2, 0.25) is 10.0 Å². The number of sulfonamides is 1. The molecule has 29 heavy (non-hydrogen) atoms. The maximum Gasteiger partial charge on any atom is 0.336 e. The summed E-state index contributed by atoms with van der Waals surface area (Å²) in [6.07, 6.45) is 3.03. The molecule has 0 unspecified atom stereocenters. The van der Waals surface area contributed by atoms with Gasteiger partial charge in [-0.25, -0.2) is 13.2 Å². The van der Waals surface area contributed by atoms with Gasteiger partial charge in [-0.1, -0.05) is 0 Å². The summed E-state index contributed by atoms with van der Waals surface area (Å²) in [5, 5.41) is 0.729. The van der Waals surface area contributed by atoms with Crippen LogP contribution in [-0.4, -0.2) is 30.4 Å². The summed E-state index contributed by atoms with van der Waals surface area (Å²) < 4.78 is 33.8. The topological polar surface area (TPSA) is 89.6 Å². The van der Waals surface area contributed by atoms with E-state index in [1.807, 2.05) is 19.9 Å². The van der Waals surface area contributed by atoms with Crippen LogP contribution in [0.1, 0.15) is 29.5 Å². The van der Waals surface area contributed by atoms with Crippen molar-refractivity contribution in [1.29, 1.82) is 0 Å². The summed E-state index contributed by atoms with van der Waals surface area (Å²) in [5.41, 5.74) is 2.24. The molecule has 0 radical (unpaired) electrons. The van der Waals surface area contributed by atoms with Crippen molar-refractivity contribution in [2.45, 2.75) is 38.1 Å². The summed E-state index contributed by atoms with van der Waals surface area (Å²) in [6.45, 7) is 4.94. The van der Waals surface area contributed by atoms with Crippen LogP contribution in [0.3, 0.4) is 0 Å². The number of benzene rings is 1. The predicted molar refractivity (Wildman–Crippen MR) is 110 cm³/mol. The molecule has 4 rings (SSSR count). The standard InChI is InChI=1S/C21H22N2O5S/c1-14-9-18-16(11-21(25)28-19(18)10-15(14)2)12-22-13-17(5-6-20(22)24)29(26,27)23-7-3-4-8-23/h5-6,9-11,13H,3-4,7-8,12H2,1-2H3. The molecule has 7 nitrogen and oxygen atoms in total. The Morgan fingerprint density at radius 3 is 2.41 bits per heavy atom. The van der Waals surface area contributed by atoms with Crippen molar-refractivity contribution in [2.75, 3.05) is 13.1 Å². The molecule has 3 aromatic rings. The normalized spacial score (nSPS) is 15.2. The van der Waals surface area contributed by atoms with Crippen LogP contribution in [0.15, 0.2) is 55.4 Å². The SMILES string of the molecule is Cc1cc2oc(=O)cc(Cn3cc(S(=O)(=O)N4CCCC4)ccc3=O)c2cc1C. The van der Waals surface area contributed by atoms with Gasteiger partial charge in [0.25, 0.3) is 5.56 Å². The van der Waals surface area contributed by atoms with Gasteiger partial charge >= 0.3 is 5.63 Å². The van der Waals surface area contributed by atoms with Gasteiger partial charge in [0.05, 0.1) is 11.4 Å². The second kappa shape index (κ2) is 7.27. The molecule has 1 aromatic carbocycles. The highest BCUT2D eigenvalue weighted by atomic mass is 32.2. The van der Waals surface area contributed by atoms with Gasteiger partial charge in [-0.2, -0.15) is 4.31 Å². The molecule has 1 aliphatic rings. The zero-order chi connectivity index (χ0) is 20.8. The average Bonchev–Trinajstić information content (AvgIpc) is 3.20. The smallest absolute Gasteiger partial charge is 0.336 e. The molecule has 2 aromatic heterocycles. The Morgan fingerprint density at radius 2 is 1.69 bits per heavy atom. The van der Waals surface area contributed by atoms with Crippen LogP contribution in [0.4, 0.5) is 0 Å². The van der Waals surface area contributed by atoms with E-state index in [4.69, 9.17) is 4.42 Å². The molecule has 1 saturated heterocycles. The van der Waals surface area contributed by atoms with E-state index in [9.17, 15) is 18.0 Å². The molecule has 8 heteroatoms. The van der Waals surface area contributed by atoms with E-state index >= 15 is 0 Å². The van der Waals surface area contributed by atoms with Crippen molar-refractivity contribution in [3.63, 3.8) is 0 Å². The van der Waals surface area contributed by atoms with Gasteiger partial charge in [0.15, 0.2) is 0 Å². The van der Waals surface area contributed by atoms with Crippen molar-refractivity contribution in [3.8, 4) is 0 Å². The lowest BCUT2D eigenvalue weighted by Crippen LogP contribution is -2.29. The molecule has 0 N–H and O–H groups in total. The van der Waals surface area contributed by atoms with Gasteiger partial charge in [-0.05, 0) is 61.6 Å². The zero-order valence-corrected chi connectivity index (χ0v) is 17.2. The highest BCUT2D eigenvalue weighted by molar-refractivity contribution is 7.89. The molecule has 0 spiro atoms. The van der Waals surface area contributed by atoms with Crippen molar-refractivity contribution in [3.05, 3.63) is 74.0 Å². The fourth-order valence-electron chi connectivity index (χ4n) is 3.66. The van der Waals surface area contributed by atoms with E-state index in [0.717, 1.165) is 29.4 Å². The summed E-state index contributed by atoms with van der Waals surface area (Å²) in [4.78, 5) is 24.5. The van der Waals surface area contributed by atoms with E-state index in [2.05, 4.69) is 0 Å². The second-order valence-corrected chi connectivity index (χ2v) is 9.40. The average molecular weight is 414 g/mol. The van der Waals surface area contributed by atoms with E-state index in [-0.39, 0.29) is 17.0 Å². The Kier molecular flexibility index (Phi) is 4.92. The highest BCUT2D eigenvalue weighted by Gasteiger charge is 2.27. The molecule has 0 bridgehead atoms. The summed E-state index contributed by atoms with van der Waals surface area (Å²) >= 11 is 0. The van der Waals surface area contributed by atoms with Crippen LogP contribution in [0.5, 0.6) is 0 Å². The molecule has 0 amide bonds. The maximum atomic E-state index is 12.8. The lowest BCUT2D eigenvalue weighted by Gasteiger charge is -2.16. The molecular formula is C21H22N2O5S. The number of nitrogens with zero attached hydrogens (tertiary/aromatic N) is 2. The molecule has 0 atom stereocenters. The third-order valence-corrected chi connectivity index (χ3v) is 7.33. The van der Waals surface area contributed by atoms with Gasteiger partial charge in [0, 0.05) is 36.8 Å². The third kappa shape index (κ3) is 3.65. The molecule has 1 fully saturated rings. The van der Waals surface area contributed by atoms with E-state index in [1.165, 1.54) is 33.3 Å². The quantitative estimate of drug-likeness (QED) is 0.612. The number of hydrogen-bond donors (Lipinski definition) is 0. The first-order valence-corrected chi connectivity index (χ1v) is 10.9. The first-order chi connectivity index (χ1) is 13.8. The zero-order valence-electron chi connectivity index (χ0n) is 16.3.